The van der Waals surface area contributed by atoms with Crippen molar-refractivity contribution < 1.29 is 28.8 Å². The molecule has 3 rings (SSSR count). The number of amides is 2. The van der Waals surface area contributed by atoms with E-state index in [2.05, 4.69) is 10.3 Å². The van der Waals surface area contributed by atoms with E-state index in [1.165, 1.54) is 17.0 Å². The lowest BCUT2D eigenvalue weighted by molar-refractivity contribution is -0.380. The van der Waals surface area contributed by atoms with Crippen LogP contribution in [-0.4, -0.2) is 52.5 Å². The number of hydrogen-bond acceptors (Lipinski definition) is 9. The minimum atomic E-state index is -0.606. The second kappa shape index (κ2) is 10.7. The Balaban J connectivity index is 1.58. The predicted molar refractivity (Wildman–Crippen MR) is 115 cm³/mol. The Kier molecular flexibility index (Phi) is 7.71. The Morgan fingerprint density at radius 1 is 1.28 bits per heavy atom. The third kappa shape index (κ3) is 6.00. The lowest BCUT2D eigenvalue weighted by atomic mass is 9.94. The Bertz CT molecular complexity index is 1000. The van der Waals surface area contributed by atoms with E-state index in [-0.39, 0.29) is 33.3 Å². The van der Waals surface area contributed by atoms with Gasteiger partial charge in [-0.3, -0.25) is 25.0 Å². The quantitative estimate of drug-likeness (QED) is 0.375. The van der Waals surface area contributed by atoms with Crippen LogP contribution in [-0.2, 0) is 9.53 Å². The van der Waals surface area contributed by atoms with Gasteiger partial charge in [0.25, 0.3) is 5.91 Å². The molecule has 1 aromatic heterocycles. The second-order valence-electron chi connectivity index (χ2n) is 7.02. The van der Waals surface area contributed by atoms with E-state index in [9.17, 15) is 24.5 Å². The van der Waals surface area contributed by atoms with Gasteiger partial charge in [0.2, 0.25) is 0 Å². The van der Waals surface area contributed by atoms with Crippen LogP contribution in [0.1, 0.15) is 36.5 Å². The van der Waals surface area contributed by atoms with Gasteiger partial charge in [0.1, 0.15) is 11.9 Å². The normalized spacial score (nSPS) is 14.0. The van der Waals surface area contributed by atoms with E-state index in [1.54, 1.807) is 19.1 Å². The lowest BCUT2D eigenvalue weighted by Gasteiger charge is -2.30. The van der Waals surface area contributed by atoms with Crippen molar-refractivity contribution in [3.8, 4) is 5.75 Å². The molecule has 1 saturated heterocycles. The van der Waals surface area contributed by atoms with Crippen molar-refractivity contribution in [3.05, 3.63) is 46.1 Å². The summed E-state index contributed by atoms with van der Waals surface area (Å²) in [7, 11) is 0. The van der Waals surface area contributed by atoms with E-state index in [1.807, 2.05) is 0 Å². The Hall–Kier alpha value is -3.54. The molecule has 0 radical (unpaired) electrons. The zero-order valence-corrected chi connectivity index (χ0v) is 18.1. The number of aromatic nitrogens is 1. The average molecular weight is 462 g/mol. The number of nitrogens with one attached hydrogen (secondary N) is 1. The van der Waals surface area contributed by atoms with Gasteiger partial charge in [0.05, 0.1) is 17.1 Å². The second-order valence-corrected chi connectivity index (χ2v) is 8.03. The van der Waals surface area contributed by atoms with E-state index in [4.69, 9.17) is 9.47 Å². The maximum atomic E-state index is 12.6. The van der Waals surface area contributed by atoms with Crippen LogP contribution >= 0.6 is 11.3 Å². The number of benzene rings is 1. The van der Waals surface area contributed by atoms with Gasteiger partial charge < -0.3 is 14.4 Å². The number of para-hydroxylation sites is 1. The van der Waals surface area contributed by atoms with Gasteiger partial charge in [0.15, 0.2) is 5.13 Å². The minimum absolute atomic E-state index is 0.0616. The number of carbonyl (C=O) groups is 3. The molecule has 1 aliphatic heterocycles. The summed E-state index contributed by atoms with van der Waals surface area (Å²) >= 11 is 0.723. The van der Waals surface area contributed by atoms with Crippen LogP contribution in [0.2, 0.25) is 0 Å². The zero-order chi connectivity index (χ0) is 23.1. The van der Waals surface area contributed by atoms with Crippen LogP contribution in [0.15, 0.2) is 30.5 Å². The van der Waals surface area contributed by atoms with Gasteiger partial charge >= 0.3 is 17.1 Å². The van der Waals surface area contributed by atoms with E-state index in [0.717, 1.165) is 17.5 Å². The summed E-state index contributed by atoms with van der Waals surface area (Å²) in [6.45, 7) is 2.96. The standard InChI is InChI=1S/C20H22N4O7S/c1-2-30-17(25)11-13-7-9-23(10-8-13)20(27)31-15-6-4-3-5-14(15)18(26)22-19-21-12-16(32-19)24(28)29/h3-6,12-13H,2,7-11H2,1H3,(H,21,22,26). The van der Waals surface area contributed by atoms with Crippen molar-refractivity contribution in [2.75, 3.05) is 25.0 Å². The van der Waals surface area contributed by atoms with Gasteiger partial charge in [-0.25, -0.2) is 9.78 Å². The van der Waals surface area contributed by atoms with E-state index >= 15 is 0 Å². The highest BCUT2D eigenvalue weighted by Crippen LogP contribution is 2.27. The summed E-state index contributed by atoms with van der Waals surface area (Å²) in [5.74, 6) is -0.627. The summed E-state index contributed by atoms with van der Waals surface area (Å²) in [5.41, 5.74) is 0.0934. The number of carbonyl (C=O) groups excluding carboxylic acids is 3. The molecular formula is C20H22N4O7S. The van der Waals surface area contributed by atoms with E-state index in [0.29, 0.717) is 39.0 Å². The van der Waals surface area contributed by atoms with Crippen molar-refractivity contribution in [1.29, 1.82) is 0 Å². The maximum absolute atomic E-state index is 12.6. The van der Waals surface area contributed by atoms with Crippen LogP contribution < -0.4 is 10.1 Å². The van der Waals surface area contributed by atoms with Crippen LogP contribution in [0, 0.1) is 16.0 Å². The summed E-state index contributed by atoms with van der Waals surface area (Å²) in [5, 5.41) is 13.1. The van der Waals surface area contributed by atoms with Gasteiger partial charge in [-0.05, 0) is 49.2 Å². The average Bonchev–Trinajstić information content (AvgIpc) is 3.23. The molecule has 12 heteroatoms. The molecular weight excluding hydrogens is 440 g/mol. The van der Waals surface area contributed by atoms with Crippen LogP contribution in [0.5, 0.6) is 5.75 Å². The first kappa shape index (κ1) is 23.1. The topological polar surface area (TPSA) is 141 Å². The number of esters is 1. The molecule has 1 aliphatic rings. The molecule has 0 unspecified atom stereocenters. The summed E-state index contributed by atoms with van der Waals surface area (Å²) in [6.07, 6.45) is 2.09. The fourth-order valence-electron chi connectivity index (χ4n) is 3.25. The van der Waals surface area contributed by atoms with Gasteiger partial charge in [0, 0.05) is 19.5 Å². The molecule has 0 atom stereocenters. The minimum Gasteiger partial charge on any atom is -0.466 e. The van der Waals surface area contributed by atoms with Crippen LogP contribution in [0.4, 0.5) is 14.9 Å². The number of hydrogen-bond donors (Lipinski definition) is 1. The molecule has 0 spiro atoms. The summed E-state index contributed by atoms with van der Waals surface area (Å²) in [4.78, 5) is 52.4. The number of anilines is 1. The largest absolute Gasteiger partial charge is 0.466 e. The molecule has 32 heavy (non-hydrogen) atoms. The molecule has 0 aliphatic carbocycles. The van der Waals surface area contributed by atoms with Gasteiger partial charge in [-0.1, -0.05) is 12.1 Å². The Morgan fingerprint density at radius 2 is 2.00 bits per heavy atom. The number of piperidine rings is 1. The summed E-state index contributed by atoms with van der Waals surface area (Å²) in [6, 6.07) is 6.20. The highest BCUT2D eigenvalue weighted by molar-refractivity contribution is 7.18. The Labute approximate surface area is 187 Å². The number of rotatable bonds is 7. The van der Waals surface area contributed by atoms with Crippen molar-refractivity contribution in [2.45, 2.75) is 26.2 Å². The highest BCUT2D eigenvalue weighted by Gasteiger charge is 2.27. The molecule has 0 bridgehead atoms. The predicted octanol–water partition coefficient (Wildman–Crippen LogP) is 3.47. The maximum Gasteiger partial charge on any atom is 0.415 e. The van der Waals surface area contributed by atoms with Gasteiger partial charge in [-0.2, -0.15) is 0 Å². The molecule has 2 aromatic rings. The molecule has 2 amide bonds. The fourth-order valence-corrected chi connectivity index (χ4v) is 3.88. The molecule has 1 aromatic carbocycles. The third-order valence-electron chi connectivity index (χ3n) is 4.86. The first-order valence-electron chi connectivity index (χ1n) is 10.00. The third-order valence-corrected chi connectivity index (χ3v) is 5.72. The van der Waals surface area contributed by atoms with E-state index < -0.39 is 16.9 Å². The van der Waals surface area contributed by atoms with Crippen LogP contribution in [0.25, 0.3) is 0 Å². The molecule has 1 N–H and O–H groups in total. The number of nitro groups is 1. The SMILES string of the molecule is CCOC(=O)CC1CCN(C(=O)Oc2ccccc2C(=O)Nc2ncc([N+](=O)[O-])s2)CC1. The van der Waals surface area contributed by atoms with Gasteiger partial charge in [-0.15, -0.1) is 0 Å². The molecule has 2 heterocycles. The smallest absolute Gasteiger partial charge is 0.415 e. The van der Waals surface area contributed by atoms with Crippen molar-refractivity contribution in [1.82, 2.24) is 9.88 Å². The highest BCUT2D eigenvalue weighted by atomic mass is 32.1. The van der Waals surface area contributed by atoms with Crippen molar-refractivity contribution in [2.24, 2.45) is 5.92 Å². The summed E-state index contributed by atoms with van der Waals surface area (Å²) < 4.78 is 10.4. The van der Waals surface area contributed by atoms with Crippen molar-refractivity contribution >= 4 is 39.4 Å². The first-order chi connectivity index (χ1) is 15.4. The molecule has 1 fully saturated rings. The first-order valence-corrected chi connectivity index (χ1v) is 10.8. The van der Waals surface area contributed by atoms with Crippen molar-refractivity contribution in [3.63, 3.8) is 0 Å². The fraction of sp³-hybridized carbons (Fsp3) is 0.400. The number of likely N-dealkylation sites (tertiary alicyclic amines) is 1. The lowest BCUT2D eigenvalue weighted by Crippen LogP contribution is -2.40. The number of ether oxygens (including phenoxy) is 2. The number of thiazole rings is 1. The zero-order valence-electron chi connectivity index (χ0n) is 17.3. The number of nitrogens with zero attached hydrogens (tertiary/aromatic N) is 3. The molecule has 11 nitrogen and oxygen atoms in total. The molecule has 0 saturated carbocycles. The Morgan fingerprint density at radius 3 is 2.66 bits per heavy atom. The molecule has 170 valence electrons. The monoisotopic (exact) mass is 462 g/mol. The van der Waals surface area contributed by atoms with Crippen LogP contribution in [0.3, 0.4) is 0 Å².